The Morgan fingerprint density at radius 1 is 1.18 bits per heavy atom. The number of rotatable bonds is 6. The quantitative estimate of drug-likeness (QED) is 0.406. The number of hydrogen-bond donors (Lipinski definition) is 1. The van der Waals surface area contributed by atoms with E-state index < -0.39 is 5.41 Å². The minimum Gasteiger partial charge on any atom is -0.385 e. The van der Waals surface area contributed by atoms with E-state index in [0.29, 0.717) is 49.8 Å². The SMILES string of the molecule is COCCC1(C)CN(C(=O)c2cc(N3CCC(n4c(=O)[nH]c5ncccc54)CC3)ncn2)c2ccc(F)cc21. The molecule has 2 aliphatic rings. The molecule has 11 heteroatoms. The van der Waals surface area contributed by atoms with Crippen LogP contribution in [0.3, 0.4) is 0 Å². The molecule has 6 rings (SSSR count). The summed E-state index contributed by atoms with van der Waals surface area (Å²) in [6, 6.07) is 10.1. The van der Waals surface area contributed by atoms with E-state index in [0.717, 1.165) is 23.9 Å². The van der Waals surface area contributed by atoms with Crippen LogP contribution >= 0.6 is 0 Å². The van der Waals surface area contributed by atoms with Gasteiger partial charge in [0, 0.05) is 62.8 Å². The van der Waals surface area contributed by atoms with Crippen molar-refractivity contribution in [3.05, 3.63) is 76.5 Å². The summed E-state index contributed by atoms with van der Waals surface area (Å²) in [5.41, 5.74) is 2.59. The molecule has 1 aromatic carbocycles. The average Bonchev–Trinajstić information content (AvgIpc) is 3.45. The maximum Gasteiger partial charge on any atom is 0.327 e. The van der Waals surface area contributed by atoms with Gasteiger partial charge in [-0.15, -0.1) is 0 Å². The molecular formula is C28H30FN7O3. The summed E-state index contributed by atoms with van der Waals surface area (Å²) in [4.78, 5) is 45.9. The maximum absolute atomic E-state index is 14.2. The highest BCUT2D eigenvalue weighted by molar-refractivity contribution is 6.06. The fourth-order valence-electron chi connectivity index (χ4n) is 5.92. The van der Waals surface area contributed by atoms with Crippen molar-refractivity contribution in [3.63, 3.8) is 0 Å². The maximum atomic E-state index is 14.2. The number of carbonyl (C=O) groups is 1. The lowest BCUT2D eigenvalue weighted by Gasteiger charge is -2.33. The third-order valence-corrected chi connectivity index (χ3v) is 8.03. The molecule has 4 aromatic rings. The Kier molecular flexibility index (Phi) is 6.38. The molecular weight excluding hydrogens is 501 g/mol. The van der Waals surface area contributed by atoms with Crippen LogP contribution in [-0.4, -0.2) is 63.8 Å². The molecule has 1 atom stereocenters. The number of aromatic nitrogens is 5. The number of carbonyl (C=O) groups excluding carboxylic acids is 1. The van der Waals surface area contributed by atoms with Gasteiger partial charge in [-0.3, -0.25) is 14.3 Å². The summed E-state index contributed by atoms with van der Waals surface area (Å²) >= 11 is 0. The van der Waals surface area contributed by atoms with Crippen molar-refractivity contribution in [1.29, 1.82) is 0 Å². The number of fused-ring (bicyclic) bond motifs is 2. The summed E-state index contributed by atoms with van der Waals surface area (Å²) in [7, 11) is 1.63. The lowest BCUT2D eigenvalue weighted by atomic mass is 9.81. The number of halogens is 1. The molecule has 0 radical (unpaired) electrons. The summed E-state index contributed by atoms with van der Waals surface area (Å²) < 4.78 is 21.3. The molecule has 1 saturated heterocycles. The van der Waals surface area contributed by atoms with E-state index in [1.165, 1.54) is 18.5 Å². The highest BCUT2D eigenvalue weighted by Gasteiger charge is 2.42. The van der Waals surface area contributed by atoms with Gasteiger partial charge in [0.15, 0.2) is 5.65 Å². The monoisotopic (exact) mass is 531 g/mol. The van der Waals surface area contributed by atoms with E-state index in [1.807, 2.05) is 19.1 Å². The van der Waals surface area contributed by atoms with Crippen molar-refractivity contribution in [2.24, 2.45) is 0 Å². The van der Waals surface area contributed by atoms with Crippen molar-refractivity contribution in [1.82, 2.24) is 24.5 Å². The highest BCUT2D eigenvalue weighted by atomic mass is 19.1. The highest BCUT2D eigenvalue weighted by Crippen LogP contribution is 2.43. The number of nitrogens with one attached hydrogen (secondary N) is 1. The number of hydrogen-bond acceptors (Lipinski definition) is 7. The van der Waals surface area contributed by atoms with Crippen LogP contribution in [0.2, 0.25) is 0 Å². The number of anilines is 2. The van der Waals surface area contributed by atoms with E-state index in [4.69, 9.17) is 4.74 Å². The van der Waals surface area contributed by atoms with Gasteiger partial charge in [-0.1, -0.05) is 6.92 Å². The number of ether oxygens (including phenoxy) is 1. The van der Waals surface area contributed by atoms with Gasteiger partial charge < -0.3 is 14.5 Å². The minimum absolute atomic E-state index is 0.0425. The lowest BCUT2D eigenvalue weighted by Crippen LogP contribution is -2.38. The zero-order valence-electron chi connectivity index (χ0n) is 21.9. The summed E-state index contributed by atoms with van der Waals surface area (Å²) in [6.45, 7) is 4.30. The van der Waals surface area contributed by atoms with Gasteiger partial charge in [-0.05, 0) is 55.2 Å². The van der Waals surface area contributed by atoms with Crippen molar-refractivity contribution < 1.29 is 13.9 Å². The Hall–Kier alpha value is -4.12. The molecule has 10 nitrogen and oxygen atoms in total. The third-order valence-electron chi connectivity index (χ3n) is 8.03. The molecule has 0 spiro atoms. The number of amides is 1. The first-order valence-electron chi connectivity index (χ1n) is 13.1. The summed E-state index contributed by atoms with van der Waals surface area (Å²) in [6.07, 6.45) is 5.23. The van der Waals surface area contributed by atoms with Gasteiger partial charge in [-0.25, -0.2) is 24.1 Å². The number of pyridine rings is 1. The van der Waals surface area contributed by atoms with Gasteiger partial charge in [0.05, 0.1) is 5.52 Å². The fraction of sp³-hybridized carbons (Fsp3) is 0.393. The third kappa shape index (κ3) is 4.46. The first-order chi connectivity index (χ1) is 18.9. The first-order valence-corrected chi connectivity index (χ1v) is 13.1. The largest absolute Gasteiger partial charge is 0.385 e. The number of nitrogens with zero attached hydrogens (tertiary/aromatic N) is 6. The van der Waals surface area contributed by atoms with E-state index in [9.17, 15) is 14.0 Å². The number of H-pyrrole nitrogens is 1. The summed E-state index contributed by atoms with van der Waals surface area (Å²) in [5.74, 6) is 0.0892. The zero-order chi connectivity index (χ0) is 27.1. The molecule has 0 saturated carbocycles. The molecule has 1 amide bonds. The molecule has 1 fully saturated rings. The molecule has 3 aromatic heterocycles. The van der Waals surface area contributed by atoms with Crippen LogP contribution in [-0.2, 0) is 10.2 Å². The van der Waals surface area contributed by atoms with E-state index in [1.54, 1.807) is 34.9 Å². The van der Waals surface area contributed by atoms with Crippen LogP contribution in [0.15, 0.2) is 53.7 Å². The predicted octanol–water partition coefficient (Wildman–Crippen LogP) is 3.45. The van der Waals surface area contributed by atoms with Gasteiger partial charge in [0.1, 0.15) is 23.7 Å². The molecule has 2 aliphatic heterocycles. The Labute approximate surface area is 224 Å². The first kappa shape index (κ1) is 25.2. The minimum atomic E-state index is -0.434. The van der Waals surface area contributed by atoms with Crippen molar-refractivity contribution >= 4 is 28.6 Å². The van der Waals surface area contributed by atoms with Gasteiger partial charge in [0.2, 0.25) is 0 Å². The second-order valence-electron chi connectivity index (χ2n) is 10.5. The number of benzene rings is 1. The van der Waals surface area contributed by atoms with Crippen LogP contribution in [0.5, 0.6) is 0 Å². The van der Waals surface area contributed by atoms with Crippen LogP contribution in [0.4, 0.5) is 15.9 Å². The molecule has 0 aliphatic carbocycles. The molecule has 202 valence electrons. The number of imidazole rings is 1. The normalized spacial score (nSPS) is 19.6. The van der Waals surface area contributed by atoms with Crippen LogP contribution < -0.4 is 15.5 Å². The number of methoxy groups -OCH3 is 1. The molecule has 0 bridgehead atoms. The van der Waals surface area contributed by atoms with E-state index in [2.05, 4.69) is 24.8 Å². The van der Waals surface area contributed by atoms with Crippen LogP contribution in [0.1, 0.15) is 48.3 Å². The second-order valence-corrected chi connectivity index (χ2v) is 10.5. The van der Waals surface area contributed by atoms with Crippen LogP contribution in [0.25, 0.3) is 11.2 Å². The predicted molar refractivity (Wildman–Crippen MR) is 145 cm³/mol. The van der Waals surface area contributed by atoms with Crippen molar-refractivity contribution in [3.8, 4) is 0 Å². The van der Waals surface area contributed by atoms with E-state index >= 15 is 0 Å². The van der Waals surface area contributed by atoms with E-state index in [-0.39, 0.29) is 29.1 Å². The van der Waals surface area contributed by atoms with Crippen molar-refractivity contribution in [2.75, 3.05) is 43.2 Å². The Morgan fingerprint density at radius 3 is 2.79 bits per heavy atom. The lowest BCUT2D eigenvalue weighted by molar-refractivity contribution is 0.0977. The number of piperidine rings is 1. The zero-order valence-corrected chi connectivity index (χ0v) is 21.9. The standard InChI is InChI=1S/C28H30FN7O3/c1-28(9-13-39-2)16-35(22-6-5-18(29)14-20(22)28)26(37)21-15-24(32-17-31-21)34-11-7-19(8-12-34)36-23-4-3-10-30-25(23)33-27(36)38/h3-6,10,14-15,17,19H,7-9,11-13,16H2,1-2H3,(H,30,33,38). The molecule has 1 N–H and O–H groups in total. The molecule has 5 heterocycles. The summed E-state index contributed by atoms with van der Waals surface area (Å²) in [5, 5.41) is 0. The van der Waals surface area contributed by atoms with Gasteiger partial charge in [0.25, 0.3) is 5.91 Å². The Balaban J connectivity index is 1.21. The Bertz CT molecular complexity index is 1590. The topological polar surface area (TPSA) is 109 Å². The molecule has 39 heavy (non-hydrogen) atoms. The average molecular weight is 532 g/mol. The number of aromatic amines is 1. The molecule has 1 unspecified atom stereocenters. The second kappa shape index (κ2) is 9.88. The van der Waals surface area contributed by atoms with Gasteiger partial charge in [-0.2, -0.15) is 0 Å². The van der Waals surface area contributed by atoms with Crippen LogP contribution in [0, 0.1) is 5.82 Å². The van der Waals surface area contributed by atoms with Crippen molar-refractivity contribution in [2.45, 2.75) is 37.6 Å². The van der Waals surface area contributed by atoms with Gasteiger partial charge >= 0.3 is 5.69 Å². The smallest absolute Gasteiger partial charge is 0.327 e. The Morgan fingerprint density at radius 2 is 2.00 bits per heavy atom. The fourth-order valence-corrected chi connectivity index (χ4v) is 5.92.